The van der Waals surface area contributed by atoms with Crippen molar-refractivity contribution in [1.29, 1.82) is 5.26 Å². The lowest BCUT2D eigenvalue weighted by Gasteiger charge is -2.09. The third-order valence-corrected chi connectivity index (χ3v) is 5.15. The first-order valence-electron chi connectivity index (χ1n) is 9.10. The number of aromatic nitrogens is 1. The maximum Gasteiger partial charge on any atom is 0.179 e. The number of rotatable bonds is 5. The second-order valence-electron chi connectivity index (χ2n) is 6.37. The minimum atomic E-state index is 0.263. The zero-order valence-corrected chi connectivity index (χ0v) is 17.2. The predicted octanol–water partition coefficient (Wildman–Crippen LogP) is 7.27. The van der Waals surface area contributed by atoms with Gasteiger partial charge in [-0.05, 0) is 23.8 Å². The Morgan fingerprint density at radius 1 is 0.900 bits per heavy atom. The standard InChI is InChI=1S/C24H15Cl2N3O/c25-19-10-6-11-20(26)23(19)24-18(15-27)22(30-29-24)13-14-28-21-12-5-4-9-17(21)16-7-2-1-3-8-16/h1-14,28H/b14-13+. The number of hydrogen-bond acceptors (Lipinski definition) is 4. The van der Waals surface area contributed by atoms with Crippen molar-refractivity contribution < 1.29 is 4.52 Å². The average Bonchev–Trinajstić information content (AvgIpc) is 3.17. The van der Waals surface area contributed by atoms with Crippen LogP contribution >= 0.6 is 23.2 Å². The highest BCUT2D eigenvalue weighted by molar-refractivity contribution is 6.39. The topological polar surface area (TPSA) is 61.9 Å². The third-order valence-electron chi connectivity index (χ3n) is 4.52. The first-order valence-corrected chi connectivity index (χ1v) is 9.86. The molecule has 0 saturated heterocycles. The molecule has 4 rings (SSSR count). The lowest BCUT2D eigenvalue weighted by atomic mass is 10.0. The van der Waals surface area contributed by atoms with Crippen molar-refractivity contribution >= 4 is 35.0 Å². The van der Waals surface area contributed by atoms with Gasteiger partial charge in [-0.1, -0.05) is 83.0 Å². The van der Waals surface area contributed by atoms with Crippen LogP contribution in [0.1, 0.15) is 11.3 Å². The lowest BCUT2D eigenvalue weighted by Crippen LogP contribution is -1.91. The van der Waals surface area contributed by atoms with E-state index < -0.39 is 0 Å². The molecule has 0 spiro atoms. The molecule has 1 heterocycles. The molecule has 0 radical (unpaired) electrons. The number of nitrogens with zero attached hydrogens (tertiary/aromatic N) is 2. The van der Waals surface area contributed by atoms with Gasteiger partial charge in [0, 0.05) is 29.1 Å². The molecule has 3 aromatic carbocycles. The van der Waals surface area contributed by atoms with Crippen molar-refractivity contribution in [2.75, 3.05) is 5.32 Å². The van der Waals surface area contributed by atoms with E-state index >= 15 is 0 Å². The van der Waals surface area contributed by atoms with Crippen LogP contribution in [-0.2, 0) is 0 Å². The maximum absolute atomic E-state index is 9.65. The number of nitrogens with one attached hydrogen (secondary N) is 1. The van der Waals surface area contributed by atoms with Crippen LogP contribution in [0.3, 0.4) is 0 Å². The van der Waals surface area contributed by atoms with Crippen LogP contribution in [0.25, 0.3) is 28.5 Å². The van der Waals surface area contributed by atoms with Gasteiger partial charge in [0.1, 0.15) is 17.3 Å². The van der Waals surface area contributed by atoms with Gasteiger partial charge in [0.2, 0.25) is 0 Å². The highest BCUT2D eigenvalue weighted by atomic mass is 35.5. The van der Waals surface area contributed by atoms with Crippen molar-refractivity contribution in [2.45, 2.75) is 0 Å². The summed E-state index contributed by atoms with van der Waals surface area (Å²) in [5.41, 5.74) is 4.14. The number of hydrogen-bond donors (Lipinski definition) is 1. The Bertz CT molecular complexity index is 1240. The monoisotopic (exact) mass is 431 g/mol. The molecule has 146 valence electrons. The largest absolute Gasteiger partial charge is 0.361 e. The Morgan fingerprint density at radius 3 is 2.33 bits per heavy atom. The van der Waals surface area contributed by atoms with Crippen molar-refractivity contribution in [3.8, 4) is 28.5 Å². The van der Waals surface area contributed by atoms with Gasteiger partial charge in [-0.2, -0.15) is 5.26 Å². The number of nitriles is 1. The molecule has 30 heavy (non-hydrogen) atoms. The van der Waals surface area contributed by atoms with Gasteiger partial charge in [-0.3, -0.25) is 0 Å². The van der Waals surface area contributed by atoms with E-state index in [1.165, 1.54) is 0 Å². The van der Waals surface area contributed by atoms with Gasteiger partial charge in [-0.25, -0.2) is 0 Å². The van der Waals surface area contributed by atoms with Gasteiger partial charge in [-0.15, -0.1) is 0 Å². The third kappa shape index (κ3) is 3.95. The molecule has 0 saturated carbocycles. The Labute approximate surface area is 184 Å². The van der Waals surface area contributed by atoms with Crippen molar-refractivity contribution in [3.63, 3.8) is 0 Å². The van der Waals surface area contributed by atoms with E-state index in [1.54, 1.807) is 30.5 Å². The molecule has 0 aliphatic rings. The summed E-state index contributed by atoms with van der Waals surface area (Å²) in [7, 11) is 0. The highest BCUT2D eigenvalue weighted by Crippen LogP contribution is 2.37. The molecular formula is C24H15Cl2N3O. The summed E-state index contributed by atoms with van der Waals surface area (Å²) in [6.07, 6.45) is 3.36. The van der Waals surface area contributed by atoms with Crippen molar-refractivity contribution in [2.24, 2.45) is 0 Å². The molecule has 1 N–H and O–H groups in total. The van der Waals surface area contributed by atoms with E-state index in [1.807, 2.05) is 54.6 Å². The quantitative estimate of drug-likeness (QED) is 0.360. The molecule has 0 aliphatic carbocycles. The molecule has 6 heteroatoms. The fourth-order valence-electron chi connectivity index (χ4n) is 3.10. The maximum atomic E-state index is 9.65. The average molecular weight is 432 g/mol. The molecule has 0 amide bonds. The van der Waals surface area contributed by atoms with Crippen LogP contribution in [0, 0.1) is 11.3 Å². The summed E-state index contributed by atoms with van der Waals surface area (Å²) in [4.78, 5) is 0. The first kappa shape index (κ1) is 19.8. The van der Waals surface area contributed by atoms with E-state index in [2.05, 4.69) is 16.5 Å². The van der Waals surface area contributed by atoms with Gasteiger partial charge in [0.15, 0.2) is 5.76 Å². The Hall–Kier alpha value is -3.52. The number of anilines is 1. The molecule has 0 unspecified atom stereocenters. The van der Waals surface area contributed by atoms with Gasteiger partial charge in [0.05, 0.1) is 10.0 Å². The molecule has 0 aliphatic heterocycles. The molecule has 0 bridgehead atoms. The summed E-state index contributed by atoms with van der Waals surface area (Å²) < 4.78 is 5.39. The first-order chi connectivity index (χ1) is 14.7. The van der Waals surface area contributed by atoms with Crippen LogP contribution in [0.4, 0.5) is 5.69 Å². The van der Waals surface area contributed by atoms with E-state index in [9.17, 15) is 5.26 Å². The summed E-state index contributed by atoms with van der Waals surface area (Å²) in [6, 6.07) is 25.3. The molecule has 1 aromatic heterocycles. The lowest BCUT2D eigenvalue weighted by molar-refractivity contribution is 0.415. The summed E-state index contributed by atoms with van der Waals surface area (Å²) in [5.74, 6) is 0.313. The van der Waals surface area contributed by atoms with Gasteiger partial charge in [0.25, 0.3) is 0 Å². The molecule has 0 fully saturated rings. The van der Waals surface area contributed by atoms with Gasteiger partial charge >= 0.3 is 0 Å². The Kier molecular flexibility index (Phi) is 5.85. The molecule has 0 atom stereocenters. The normalized spacial score (nSPS) is 10.8. The smallest absolute Gasteiger partial charge is 0.179 e. The number of benzene rings is 3. The zero-order chi connectivity index (χ0) is 20.9. The minimum Gasteiger partial charge on any atom is -0.361 e. The van der Waals surface area contributed by atoms with E-state index in [4.69, 9.17) is 27.7 Å². The molecule has 4 nitrogen and oxygen atoms in total. The Morgan fingerprint density at radius 2 is 1.60 bits per heavy atom. The number of halogens is 2. The summed E-state index contributed by atoms with van der Waals surface area (Å²) >= 11 is 12.5. The van der Waals surface area contributed by atoms with Crippen LogP contribution in [0.15, 0.2) is 83.5 Å². The van der Waals surface area contributed by atoms with Gasteiger partial charge < -0.3 is 9.84 Å². The SMILES string of the molecule is N#Cc1c(-c2c(Cl)cccc2Cl)noc1/C=C/Nc1ccccc1-c1ccccc1. The van der Waals surface area contributed by atoms with Crippen LogP contribution in [0.2, 0.25) is 10.0 Å². The highest BCUT2D eigenvalue weighted by Gasteiger charge is 2.20. The van der Waals surface area contributed by atoms with E-state index in [0.717, 1.165) is 16.8 Å². The van der Waals surface area contributed by atoms with E-state index in [-0.39, 0.29) is 5.56 Å². The predicted molar refractivity (Wildman–Crippen MR) is 121 cm³/mol. The minimum absolute atomic E-state index is 0.263. The van der Waals surface area contributed by atoms with Crippen molar-refractivity contribution in [1.82, 2.24) is 5.16 Å². The van der Waals surface area contributed by atoms with Crippen LogP contribution < -0.4 is 5.32 Å². The fraction of sp³-hybridized carbons (Fsp3) is 0. The van der Waals surface area contributed by atoms with Crippen LogP contribution in [0.5, 0.6) is 0 Å². The molecular weight excluding hydrogens is 417 g/mol. The Balaban J connectivity index is 1.63. The molecule has 4 aromatic rings. The fourth-order valence-corrected chi connectivity index (χ4v) is 3.68. The number of para-hydroxylation sites is 1. The summed E-state index contributed by atoms with van der Waals surface area (Å²) in [6.45, 7) is 0. The zero-order valence-electron chi connectivity index (χ0n) is 15.6. The second kappa shape index (κ2) is 8.87. The second-order valence-corrected chi connectivity index (χ2v) is 7.18. The van der Waals surface area contributed by atoms with Crippen molar-refractivity contribution in [3.05, 3.63) is 100 Å². The summed E-state index contributed by atoms with van der Waals surface area (Å²) in [5, 5.41) is 17.7. The van der Waals surface area contributed by atoms with Crippen LogP contribution in [-0.4, -0.2) is 5.16 Å². The van der Waals surface area contributed by atoms with E-state index in [0.29, 0.717) is 27.1 Å².